The molecule has 4 N–H and O–H groups in total. The van der Waals surface area contributed by atoms with Crippen LogP contribution >= 0.6 is 35.0 Å². The van der Waals surface area contributed by atoms with Gasteiger partial charge in [-0.1, -0.05) is 53.5 Å². The Labute approximate surface area is 239 Å². The molecule has 13 heteroatoms. The molecule has 1 unspecified atom stereocenters. The van der Waals surface area contributed by atoms with E-state index in [9.17, 15) is 24.3 Å². The maximum absolute atomic E-state index is 13.4. The van der Waals surface area contributed by atoms with E-state index in [1.807, 2.05) is 0 Å². The van der Waals surface area contributed by atoms with Crippen LogP contribution in [0.4, 0.5) is 0 Å². The van der Waals surface area contributed by atoms with Gasteiger partial charge in [-0.3, -0.25) is 19.4 Å². The Morgan fingerprint density at radius 1 is 1.13 bits per heavy atom. The van der Waals surface area contributed by atoms with E-state index in [1.54, 1.807) is 69.4 Å². The predicted molar refractivity (Wildman–Crippen MR) is 150 cm³/mol. The lowest BCUT2D eigenvalue weighted by Crippen LogP contribution is -2.71. The number of halogens is 2. The van der Waals surface area contributed by atoms with Crippen LogP contribution in [0.15, 0.2) is 53.5 Å². The number of nitrogens with one attached hydrogen (secondary N) is 3. The first-order valence-corrected chi connectivity index (χ1v) is 13.6. The minimum absolute atomic E-state index is 0.212. The van der Waals surface area contributed by atoms with Crippen molar-refractivity contribution in [2.75, 3.05) is 13.6 Å². The van der Waals surface area contributed by atoms with Gasteiger partial charge in [0.25, 0.3) is 0 Å². The van der Waals surface area contributed by atoms with Crippen molar-refractivity contribution in [3.63, 3.8) is 0 Å². The van der Waals surface area contributed by atoms with Gasteiger partial charge in [-0.25, -0.2) is 4.79 Å². The zero-order valence-corrected chi connectivity index (χ0v) is 23.6. The van der Waals surface area contributed by atoms with E-state index in [1.165, 1.54) is 16.7 Å². The maximum Gasteiger partial charge on any atom is 0.327 e. The van der Waals surface area contributed by atoms with Crippen molar-refractivity contribution in [2.45, 2.75) is 42.1 Å². The number of fused-ring (bicyclic) bond motifs is 1. The third-order valence-electron chi connectivity index (χ3n) is 6.45. The van der Waals surface area contributed by atoms with Gasteiger partial charge in [-0.05, 0) is 37.6 Å². The normalized spacial score (nSPS) is 22.4. The fourth-order valence-corrected chi connectivity index (χ4v) is 6.86. The Bertz CT molecular complexity index is 1320. The number of hydrogen-bond donors (Lipinski definition) is 4. The number of rotatable bonds is 8. The number of β-lactam (4-membered cyclic amide) rings is 1. The third kappa shape index (κ3) is 6.00. The number of carbonyl (C=O) groups is 4. The van der Waals surface area contributed by atoms with Crippen LogP contribution in [0.1, 0.15) is 31.0 Å². The largest absolute Gasteiger partial charge is 0.480 e. The van der Waals surface area contributed by atoms with Gasteiger partial charge in [0.15, 0.2) is 0 Å². The summed E-state index contributed by atoms with van der Waals surface area (Å²) in [5.41, 5.74) is 1.10. The minimum Gasteiger partial charge on any atom is -0.480 e. The number of hydrogen-bond acceptors (Lipinski definition) is 6. The van der Waals surface area contributed by atoms with Gasteiger partial charge >= 0.3 is 5.97 Å². The Morgan fingerprint density at radius 2 is 1.77 bits per heavy atom. The second kappa shape index (κ2) is 11.4. The number of nitrogens with zero attached hydrogens (tertiary/aromatic N) is 2. The molecule has 10 nitrogen and oxygen atoms in total. The fraction of sp³-hybridized carbons (Fsp3) is 0.346. The average molecular weight is 593 g/mol. The van der Waals surface area contributed by atoms with Crippen LogP contribution in [-0.4, -0.2) is 75.3 Å². The quantitative estimate of drug-likeness (QED) is 0.210. The van der Waals surface area contributed by atoms with E-state index in [0.717, 1.165) is 0 Å². The monoisotopic (exact) mass is 591 g/mol. The van der Waals surface area contributed by atoms with E-state index >= 15 is 0 Å². The third-order valence-corrected chi connectivity index (χ3v) is 8.46. The van der Waals surface area contributed by atoms with Gasteiger partial charge in [0.1, 0.15) is 29.3 Å². The predicted octanol–water partition coefficient (Wildman–Crippen LogP) is 2.45. The van der Waals surface area contributed by atoms with Gasteiger partial charge < -0.3 is 26.0 Å². The summed E-state index contributed by atoms with van der Waals surface area (Å²) in [5, 5.41) is 18.3. The number of amides is 3. The lowest BCUT2D eigenvalue weighted by molar-refractivity contribution is -0.161. The fourth-order valence-electron chi connectivity index (χ4n) is 4.70. The molecule has 0 radical (unpaired) electrons. The molecule has 0 bridgehead atoms. The molecule has 2 saturated heterocycles. The van der Waals surface area contributed by atoms with Crippen LogP contribution in [0.5, 0.6) is 0 Å². The number of benzene rings is 2. The van der Waals surface area contributed by atoms with Crippen LogP contribution in [0.25, 0.3) is 0 Å². The summed E-state index contributed by atoms with van der Waals surface area (Å²) in [4.78, 5) is 56.4. The highest BCUT2D eigenvalue weighted by molar-refractivity contribution is 8.01. The first-order chi connectivity index (χ1) is 18.4. The lowest BCUT2D eigenvalue weighted by atomic mass is 9.95. The number of aliphatic imine (C=N–C) groups is 1. The molecule has 2 heterocycles. The highest BCUT2D eigenvalue weighted by Gasteiger charge is 2.64. The smallest absolute Gasteiger partial charge is 0.327 e. The summed E-state index contributed by atoms with van der Waals surface area (Å²) in [5.74, 6) is -2.27. The van der Waals surface area contributed by atoms with Gasteiger partial charge in [-0.2, -0.15) is 0 Å². The molecule has 0 spiro atoms. The van der Waals surface area contributed by atoms with Gasteiger partial charge in [0.05, 0.1) is 6.54 Å². The average Bonchev–Trinajstić information content (AvgIpc) is 3.13. The molecule has 206 valence electrons. The molecule has 2 aromatic carbocycles. The SMILES string of the molecule is CN=C(NCC(=O)NC(C(=O)N[C@@H]1C(=O)N2[C@@H]1SC(C)(C)[C@@H]2C(=O)O)c1ccccc1)c1cc(Cl)cc(Cl)c1. The van der Waals surface area contributed by atoms with Gasteiger partial charge in [0.2, 0.25) is 17.7 Å². The van der Waals surface area contributed by atoms with E-state index in [2.05, 4.69) is 20.9 Å². The standard InChI is InChI=1S/C26H27Cl2N5O5S/c1-26(2)20(25(37)38)33-23(36)19(24(33)39-26)32-22(35)18(13-7-5-4-6-8-13)31-17(34)12-30-21(29-3)14-9-15(27)11-16(28)10-14/h4-11,18-20,24H,12H2,1-3H3,(H,29,30)(H,31,34)(H,32,35)(H,37,38)/t18?,19-,20+,24-/m1/s1. The van der Waals surface area contributed by atoms with E-state index < -0.39 is 51.9 Å². The topological polar surface area (TPSA) is 140 Å². The number of amidine groups is 1. The zero-order chi connectivity index (χ0) is 28.5. The van der Waals surface area contributed by atoms with Crippen LogP contribution < -0.4 is 16.0 Å². The minimum atomic E-state index is -1.10. The first-order valence-electron chi connectivity index (χ1n) is 12.0. The number of carboxylic acid groups (broad SMARTS) is 1. The zero-order valence-electron chi connectivity index (χ0n) is 21.3. The molecule has 2 aliphatic rings. The second-order valence-corrected chi connectivity index (χ2v) is 12.2. The molecule has 3 amide bonds. The Balaban J connectivity index is 1.45. The lowest BCUT2D eigenvalue weighted by Gasteiger charge is -2.44. The molecule has 39 heavy (non-hydrogen) atoms. The maximum atomic E-state index is 13.4. The second-order valence-electron chi connectivity index (χ2n) is 9.58. The molecular weight excluding hydrogens is 565 g/mol. The Morgan fingerprint density at radius 3 is 2.36 bits per heavy atom. The van der Waals surface area contributed by atoms with Gasteiger partial charge in [-0.15, -0.1) is 11.8 Å². The Kier molecular flexibility index (Phi) is 8.43. The number of thioether (sulfide) groups is 1. The summed E-state index contributed by atoms with van der Waals surface area (Å²) in [6, 6.07) is 10.5. The van der Waals surface area contributed by atoms with Gasteiger partial charge in [0, 0.05) is 27.4 Å². The number of carbonyl (C=O) groups excluding carboxylic acids is 3. The Hall–Kier alpha value is -3.28. The summed E-state index contributed by atoms with van der Waals surface area (Å²) in [7, 11) is 1.55. The van der Waals surface area contributed by atoms with Crippen LogP contribution in [-0.2, 0) is 19.2 Å². The summed E-state index contributed by atoms with van der Waals surface area (Å²) >= 11 is 13.5. The highest BCUT2D eigenvalue weighted by Crippen LogP contribution is 2.50. The molecule has 0 saturated carbocycles. The van der Waals surface area contributed by atoms with Crippen LogP contribution in [0.2, 0.25) is 10.0 Å². The molecule has 2 aromatic rings. The van der Waals surface area contributed by atoms with Crippen molar-refractivity contribution >= 4 is 64.5 Å². The van der Waals surface area contributed by atoms with Crippen molar-refractivity contribution < 1.29 is 24.3 Å². The molecule has 2 aliphatic heterocycles. The molecular formula is C26H27Cl2N5O5S. The van der Waals surface area contributed by atoms with Crippen molar-refractivity contribution in [3.05, 3.63) is 69.7 Å². The molecule has 4 rings (SSSR count). The van der Waals surface area contributed by atoms with E-state index in [-0.39, 0.29) is 6.54 Å². The summed E-state index contributed by atoms with van der Waals surface area (Å²) < 4.78 is -0.726. The molecule has 0 aromatic heterocycles. The molecule has 0 aliphatic carbocycles. The molecule has 4 atom stereocenters. The van der Waals surface area contributed by atoms with Crippen LogP contribution in [0, 0.1) is 0 Å². The number of aliphatic carboxylic acids is 1. The highest BCUT2D eigenvalue weighted by atomic mass is 35.5. The van der Waals surface area contributed by atoms with Crippen molar-refractivity contribution in [3.8, 4) is 0 Å². The number of carboxylic acids is 1. The summed E-state index contributed by atoms with van der Waals surface area (Å²) in [6.07, 6.45) is 0. The van der Waals surface area contributed by atoms with Crippen LogP contribution in [0.3, 0.4) is 0 Å². The summed E-state index contributed by atoms with van der Waals surface area (Å²) in [6.45, 7) is 3.30. The van der Waals surface area contributed by atoms with Crippen molar-refractivity contribution in [1.82, 2.24) is 20.9 Å². The van der Waals surface area contributed by atoms with Crippen molar-refractivity contribution in [2.24, 2.45) is 4.99 Å². The first kappa shape index (κ1) is 28.7. The van der Waals surface area contributed by atoms with Crippen molar-refractivity contribution in [1.29, 1.82) is 0 Å². The van der Waals surface area contributed by atoms with E-state index in [4.69, 9.17) is 23.2 Å². The molecule has 2 fully saturated rings. The van der Waals surface area contributed by atoms with E-state index in [0.29, 0.717) is 27.0 Å².